The van der Waals surface area contributed by atoms with Gasteiger partial charge in [-0.3, -0.25) is 4.79 Å². The van der Waals surface area contributed by atoms with Crippen molar-refractivity contribution in [2.75, 3.05) is 33.5 Å². The van der Waals surface area contributed by atoms with Gasteiger partial charge in [-0.05, 0) is 38.9 Å². The summed E-state index contributed by atoms with van der Waals surface area (Å²) in [5, 5.41) is 0. The third kappa shape index (κ3) is 4.97. The molecular weight excluding hydrogens is 214 g/mol. The van der Waals surface area contributed by atoms with Crippen molar-refractivity contribution < 1.29 is 23.8 Å². The molecule has 1 saturated heterocycles. The predicted octanol–water partition coefficient (Wildman–Crippen LogP) is 0.612. The largest absolute Gasteiger partial charge is 0.511 e. The van der Waals surface area contributed by atoms with Crippen LogP contribution in [0.1, 0.15) is 12.8 Å². The molecule has 0 N–H and O–H groups in total. The number of hydrogen-bond donors (Lipinski definition) is 0. The Morgan fingerprint density at radius 2 is 2.06 bits per heavy atom. The Labute approximate surface area is 94.4 Å². The molecule has 0 aromatic carbocycles. The van der Waals surface area contributed by atoms with Gasteiger partial charge in [-0.1, -0.05) is 0 Å². The summed E-state index contributed by atoms with van der Waals surface area (Å²) in [6.45, 7) is 2.24. The number of carbonyl (C=O) groups is 2. The van der Waals surface area contributed by atoms with E-state index in [9.17, 15) is 9.59 Å². The fourth-order valence-electron chi connectivity index (χ4n) is 1.57. The summed E-state index contributed by atoms with van der Waals surface area (Å²) in [4.78, 5) is 23.0. The zero-order valence-electron chi connectivity index (χ0n) is 9.39. The maximum Gasteiger partial charge on any atom is 0.511 e. The highest BCUT2D eigenvalue weighted by Crippen LogP contribution is 2.16. The molecule has 6 nitrogen and oxygen atoms in total. The van der Waals surface area contributed by atoms with E-state index >= 15 is 0 Å². The quantitative estimate of drug-likeness (QED) is 0.299. The first-order chi connectivity index (χ1) is 7.72. The van der Waals surface area contributed by atoms with E-state index in [0.29, 0.717) is 12.5 Å². The van der Waals surface area contributed by atoms with E-state index in [2.05, 4.69) is 21.4 Å². The molecule has 1 rings (SSSR count). The van der Waals surface area contributed by atoms with Gasteiger partial charge >= 0.3 is 6.16 Å². The monoisotopic (exact) mass is 231 g/mol. The molecule has 0 spiro atoms. The lowest BCUT2D eigenvalue weighted by molar-refractivity contribution is -0.138. The molecule has 6 heteroatoms. The van der Waals surface area contributed by atoms with Crippen LogP contribution in [0.4, 0.5) is 4.79 Å². The second kappa shape index (κ2) is 7.05. The Morgan fingerprint density at radius 3 is 2.69 bits per heavy atom. The predicted molar refractivity (Wildman–Crippen MR) is 54.7 cm³/mol. The molecule has 1 heterocycles. The summed E-state index contributed by atoms with van der Waals surface area (Å²) in [5.74, 6) is 0.399. The van der Waals surface area contributed by atoms with Crippen LogP contribution in [-0.4, -0.2) is 51.1 Å². The summed E-state index contributed by atoms with van der Waals surface area (Å²) in [6, 6.07) is 0. The SMILES string of the molecule is CN1CCC(COC(=O)OCOC=O)CC1. The van der Waals surface area contributed by atoms with Crippen molar-refractivity contribution in [3.8, 4) is 0 Å². The number of carbonyl (C=O) groups excluding carboxylic acids is 2. The molecule has 0 aliphatic carbocycles. The van der Waals surface area contributed by atoms with E-state index in [1.54, 1.807) is 0 Å². The topological polar surface area (TPSA) is 65.1 Å². The van der Waals surface area contributed by atoms with Crippen LogP contribution < -0.4 is 0 Å². The van der Waals surface area contributed by atoms with E-state index < -0.39 is 12.9 Å². The lowest BCUT2D eigenvalue weighted by Crippen LogP contribution is -2.32. The number of piperidine rings is 1. The Bertz CT molecular complexity index is 225. The maximum atomic E-state index is 11.0. The average molecular weight is 231 g/mol. The first-order valence-corrected chi connectivity index (χ1v) is 5.25. The summed E-state index contributed by atoms with van der Waals surface area (Å²) < 4.78 is 13.6. The van der Waals surface area contributed by atoms with Crippen LogP contribution in [0.3, 0.4) is 0 Å². The number of ether oxygens (including phenoxy) is 3. The molecule has 1 aliphatic heterocycles. The number of rotatable bonds is 5. The molecule has 0 aromatic rings. The Kier molecular flexibility index (Phi) is 5.63. The molecule has 0 unspecified atom stereocenters. The van der Waals surface area contributed by atoms with Crippen molar-refractivity contribution >= 4 is 12.6 Å². The van der Waals surface area contributed by atoms with Gasteiger partial charge in [0.15, 0.2) is 0 Å². The van der Waals surface area contributed by atoms with Gasteiger partial charge in [0.1, 0.15) is 0 Å². The summed E-state index contributed by atoms with van der Waals surface area (Å²) in [5.41, 5.74) is 0. The van der Waals surface area contributed by atoms with Crippen LogP contribution in [0.15, 0.2) is 0 Å². The third-order valence-corrected chi connectivity index (χ3v) is 2.59. The van der Waals surface area contributed by atoms with Gasteiger partial charge in [0.05, 0.1) is 6.61 Å². The Balaban J connectivity index is 2.05. The highest BCUT2D eigenvalue weighted by Gasteiger charge is 2.18. The lowest BCUT2D eigenvalue weighted by Gasteiger charge is -2.28. The van der Waals surface area contributed by atoms with Crippen molar-refractivity contribution in [2.45, 2.75) is 12.8 Å². The first-order valence-electron chi connectivity index (χ1n) is 5.25. The zero-order valence-corrected chi connectivity index (χ0v) is 9.39. The summed E-state index contributed by atoms with van der Waals surface area (Å²) in [7, 11) is 2.07. The van der Waals surface area contributed by atoms with Crippen LogP contribution in [0.25, 0.3) is 0 Å². The van der Waals surface area contributed by atoms with Crippen LogP contribution in [0, 0.1) is 5.92 Å². The van der Waals surface area contributed by atoms with Crippen molar-refractivity contribution in [2.24, 2.45) is 5.92 Å². The smallest absolute Gasteiger partial charge is 0.434 e. The van der Waals surface area contributed by atoms with E-state index in [1.165, 1.54) is 0 Å². The molecule has 0 amide bonds. The van der Waals surface area contributed by atoms with Gasteiger partial charge in [0, 0.05) is 0 Å². The fourth-order valence-corrected chi connectivity index (χ4v) is 1.57. The molecule has 0 radical (unpaired) electrons. The van der Waals surface area contributed by atoms with Crippen LogP contribution in [0.2, 0.25) is 0 Å². The van der Waals surface area contributed by atoms with Crippen molar-refractivity contribution in [1.82, 2.24) is 4.90 Å². The van der Waals surface area contributed by atoms with Crippen molar-refractivity contribution in [3.05, 3.63) is 0 Å². The minimum Gasteiger partial charge on any atom is -0.434 e. The third-order valence-electron chi connectivity index (χ3n) is 2.59. The standard InChI is InChI=1S/C10H17NO5/c1-11-4-2-9(3-5-11)6-15-10(13)16-8-14-7-12/h7,9H,2-6,8H2,1H3. The molecule has 1 fully saturated rings. The van der Waals surface area contributed by atoms with Crippen molar-refractivity contribution in [1.29, 1.82) is 0 Å². The van der Waals surface area contributed by atoms with E-state index in [1.807, 2.05) is 0 Å². The molecular formula is C10H17NO5. The molecule has 92 valence electrons. The van der Waals surface area contributed by atoms with Gasteiger partial charge in [-0.15, -0.1) is 0 Å². The van der Waals surface area contributed by atoms with E-state index in [0.717, 1.165) is 25.9 Å². The minimum absolute atomic E-state index is 0.213. The zero-order chi connectivity index (χ0) is 11.8. The van der Waals surface area contributed by atoms with E-state index in [-0.39, 0.29) is 6.47 Å². The average Bonchev–Trinajstić information content (AvgIpc) is 2.29. The minimum atomic E-state index is -0.791. The molecule has 1 aliphatic rings. The molecule has 0 atom stereocenters. The number of nitrogens with zero attached hydrogens (tertiary/aromatic N) is 1. The molecule has 0 bridgehead atoms. The van der Waals surface area contributed by atoms with Crippen LogP contribution in [-0.2, 0) is 19.0 Å². The number of likely N-dealkylation sites (tertiary alicyclic amines) is 1. The van der Waals surface area contributed by atoms with Gasteiger partial charge in [0.2, 0.25) is 6.79 Å². The Morgan fingerprint density at radius 1 is 1.38 bits per heavy atom. The van der Waals surface area contributed by atoms with Gasteiger partial charge in [-0.25, -0.2) is 4.79 Å². The maximum absolute atomic E-state index is 11.0. The van der Waals surface area contributed by atoms with Gasteiger partial charge in [-0.2, -0.15) is 0 Å². The summed E-state index contributed by atoms with van der Waals surface area (Å²) in [6.07, 6.45) is 1.25. The van der Waals surface area contributed by atoms with Crippen LogP contribution >= 0.6 is 0 Å². The molecule has 16 heavy (non-hydrogen) atoms. The summed E-state index contributed by atoms with van der Waals surface area (Å²) >= 11 is 0. The first kappa shape index (κ1) is 12.8. The van der Waals surface area contributed by atoms with Gasteiger partial charge < -0.3 is 19.1 Å². The second-order valence-electron chi connectivity index (χ2n) is 3.83. The van der Waals surface area contributed by atoms with Gasteiger partial charge in [0.25, 0.3) is 6.47 Å². The Hall–Kier alpha value is -1.30. The highest BCUT2D eigenvalue weighted by atomic mass is 16.8. The van der Waals surface area contributed by atoms with Crippen LogP contribution in [0.5, 0.6) is 0 Å². The van der Waals surface area contributed by atoms with Crippen molar-refractivity contribution in [3.63, 3.8) is 0 Å². The highest BCUT2D eigenvalue weighted by molar-refractivity contribution is 5.59. The normalized spacial score (nSPS) is 17.8. The molecule has 0 saturated carbocycles. The fraction of sp³-hybridized carbons (Fsp3) is 0.800. The molecule has 0 aromatic heterocycles. The lowest BCUT2D eigenvalue weighted by atomic mass is 9.98. The number of hydrogen-bond acceptors (Lipinski definition) is 6. The second-order valence-corrected chi connectivity index (χ2v) is 3.83. The van der Waals surface area contributed by atoms with E-state index in [4.69, 9.17) is 4.74 Å².